The Morgan fingerprint density at radius 2 is 2.13 bits per heavy atom. The van der Waals surface area contributed by atoms with Crippen molar-refractivity contribution in [1.82, 2.24) is 0 Å². The first-order chi connectivity index (χ1) is 7.15. The van der Waals surface area contributed by atoms with E-state index in [9.17, 15) is 0 Å². The lowest BCUT2D eigenvalue weighted by molar-refractivity contribution is 0.245. The van der Waals surface area contributed by atoms with Crippen molar-refractivity contribution in [2.24, 2.45) is 4.99 Å². The molecule has 0 fully saturated rings. The fourth-order valence-corrected chi connectivity index (χ4v) is 1.49. The van der Waals surface area contributed by atoms with Gasteiger partial charge in [0.1, 0.15) is 6.10 Å². The molecule has 3 nitrogen and oxygen atoms in total. The number of ether oxygens (including phenoxy) is 1. The summed E-state index contributed by atoms with van der Waals surface area (Å²) in [4.78, 5) is 4.25. The molecule has 3 heteroatoms. The molecule has 0 aromatic heterocycles. The first kappa shape index (κ1) is 10.0. The summed E-state index contributed by atoms with van der Waals surface area (Å²) < 4.78 is 5.47. The van der Waals surface area contributed by atoms with Gasteiger partial charge in [-0.3, -0.25) is 0 Å². The number of nitrogens with one attached hydrogen (secondary N) is 1. The molecule has 1 heterocycles. The van der Waals surface area contributed by atoms with Crippen molar-refractivity contribution in [1.29, 1.82) is 0 Å². The Balaban J connectivity index is 2.08. The molecule has 1 atom stereocenters. The standard InChI is InChI=1S/C12H16N2O/c1-8-4-5-11(6-9(8)2)14-12-13-7-10(3)15-12/h4-6,10H,7H2,1-3H3,(H,13,14). The zero-order valence-corrected chi connectivity index (χ0v) is 9.37. The van der Waals surface area contributed by atoms with Crippen LogP contribution in [0.25, 0.3) is 0 Å². The van der Waals surface area contributed by atoms with Crippen LogP contribution in [0.4, 0.5) is 5.69 Å². The van der Waals surface area contributed by atoms with Gasteiger partial charge in [-0.05, 0) is 44.0 Å². The third-order valence-electron chi connectivity index (χ3n) is 2.56. The lowest BCUT2D eigenvalue weighted by Gasteiger charge is -2.09. The van der Waals surface area contributed by atoms with Crippen molar-refractivity contribution in [3.05, 3.63) is 29.3 Å². The van der Waals surface area contributed by atoms with Gasteiger partial charge in [0.15, 0.2) is 0 Å². The minimum absolute atomic E-state index is 0.194. The molecular weight excluding hydrogens is 188 g/mol. The minimum atomic E-state index is 0.194. The normalized spacial score (nSPS) is 19.7. The third-order valence-corrected chi connectivity index (χ3v) is 2.56. The van der Waals surface area contributed by atoms with Gasteiger partial charge >= 0.3 is 0 Å². The number of anilines is 1. The molecule has 1 aliphatic heterocycles. The van der Waals surface area contributed by atoms with Crippen molar-refractivity contribution < 1.29 is 4.74 Å². The van der Waals surface area contributed by atoms with Crippen LogP contribution in [-0.4, -0.2) is 18.7 Å². The highest BCUT2D eigenvalue weighted by molar-refractivity contribution is 5.90. The Bertz CT molecular complexity index is 399. The summed E-state index contributed by atoms with van der Waals surface area (Å²) in [6.45, 7) is 6.96. The second kappa shape index (κ2) is 3.93. The molecule has 0 aliphatic carbocycles. The van der Waals surface area contributed by atoms with Crippen molar-refractivity contribution in [3.63, 3.8) is 0 Å². The monoisotopic (exact) mass is 204 g/mol. The van der Waals surface area contributed by atoms with Crippen molar-refractivity contribution in [3.8, 4) is 0 Å². The Hall–Kier alpha value is -1.51. The molecule has 0 saturated carbocycles. The molecule has 0 bridgehead atoms. The van der Waals surface area contributed by atoms with Crippen molar-refractivity contribution >= 4 is 11.7 Å². The lowest BCUT2D eigenvalue weighted by atomic mass is 10.1. The molecule has 1 aliphatic rings. The van der Waals surface area contributed by atoms with E-state index in [4.69, 9.17) is 4.74 Å². The summed E-state index contributed by atoms with van der Waals surface area (Å²) in [5.74, 6) is 0. The van der Waals surface area contributed by atoms with Crippen LogP contribution in [0.2, 0.25) is 0 Å². The maximum absolute atomic E-state index is 5.47. The average Bonchev–Trinajstić information content (AvgIpc) is 2.58. The average molecular weight is 204 g/mol. The van der Waals surface area contributed by atoms with E-state index < -0.39 is 0 Å². The highest BCUT2D eigenvalue weighted by Crippen LogP contribution is 2.15. The van der Waals surface area contributed by atoms with Crippen LogP contribution < -0.4 is 5.32 Å². The van der Waals surface area contributed by atoms with Crippen LogP contribution in [0.15, 0.2) is 23.2 Å². The van der Waals surface area contributed by atoms with Crippen molar-refractivity contribution in [2.75, 3.05) is 11.9 Å². The first-order valence-electron chi connectivity index (χ1n) is 5.20. The number of nitrogens with zero attached hydrogens (tertiary/aromatic N) is 1. The van der Waals surface area contributed by atoms with Crippen LogP contribution in [0.1, 0.15) is 18.1 Å². The molecule has 1 N–H and O–H groups in total. The molecule has 15 heavy (non-hydrogen) atoms. The van der Waals surface area contributed by atoms with E-state index in [1.54, 1.807) is 0 Å². The minimum Gasteiger partial charge on any atom is -0.460 e. The van der Waals surface area contributed by atoms with Crippen LogP contribution >= 0.6 is 0 Å². The summed E-state index contributed by atoms with van der Waals surface area (Å²) in [6.07, 6.45) is 0.194. The number of aliphatic imine (C=N–C) groups is 1. The molecule has 0 saturated heterocycles. The predicted octanol–water partition coefficient (Wildman–Crippen LogP) is 2.49. The van der Waals surface area contributed by atoms with Gasteiger partial charge in [0, 0.05) is 5.69 Å². The second-order valence-electron chi connectivity index (χ2n) is 4.00. The zero-order valence-electron chi connectivity index (χ0n) is 9.37. The number of amidine groups is 1. The van der Waals surface area contributed by atoms with Gasteiger partial charge in [0.25, 0.3) is 6.02 Å². The maximum Gasteiger partial charge on any atom is 0.289 e. The lowest BCUT2D eigenvalue weighted by Crippen LogP contribution is -2.15. The number of hydrogen-bond acceptors (Lipinski definition) is 3. The molecule has 1 unspecified atom stereocenters. The highest BCUT2D eigenvalue weighted by atomic mass is 16.5. The summed E-state index contributed by atoms with van der Waals surface area (Å²) in [7, 11) is 0. The van der Waals surface area contributed by atoms with Gasteiger partial charge in [-0.25, -0.2) is 4.99 Å². The summed E-state index contributed by atoms with van der Waals surface area (Å²) in [6, 6.07) is 6.86. The Morgan fingerprint density at radius 1 is 1.33 bits per heavy atom. The van der Waals surface area contributed by atoms with E-state index in [-0.39, 0.29) is 6.10 Å². The number of hydrogen-bond donors (Lipinski definition) is 1. The first-order valence-corrected chi connectivity index (χ1v) is 5.20. The smallest absolute Gasteiger partial charge is 0.289 e. The van der Waals surface area contributed by atoms with E-state index in [0.717, 1.165) is 12.2 Å². The Labute approximate surface area is 90.2 Å². The van der Waals surface area contributed by atoms with E-state index in [1.165, 1.54) is 11.1 Å². The van der Waals surface area contributed by atoms with Gasteiger partial charge in [-0.1, -0.05) is 6.07 Å². The molecule has 2 rings (SSSR count). The predicted molar refractivity (Wildman–Crippen MR) is 62.4 cm³/mol. The molecule has 0 spiro atoms. The fourth-order valence-electron chi connectivity index (χ4n) is 1.49. The van der Waals surface area contributed by atoms with Crippen LogP contribution in [-0.2, 0) is 4.74 Å². The van der Waals surface area contributed by atoms with Crippen LogP contribution in [0.3, 0.4) is 0 Å². The van der Waals surface area contributed by atoms with E-state index in [0.29, 0.717) is 6.02 Å². The Kier molecular flexibility index (Phi) is 2.62. The van der Waals surface area contributed by atoms with Gasteiger partial charge < -0.3 is 10.1 Å². The fraction of sp³-hybridized carbons (Fsp3) is 0.417. The number of aryl methyl sites for hydroxylation is 2. The van der Waals surface area contributed by atoms with E-state index in [1.807, 2.05) is 13.0 Å². The van der Waals surface area contributed by atoms with E-state index >= 15 is 0 Å². The number of benzene rings is 1. The summed E-state index contributed by atoms with van der Waals surface area (Å²) >= 11 is 0. The summed E-state index contributed by atoms with van der Waals surface area (Å²) in [5.41, 5.74) is 3.60. The Morgan fingerprint density at radius 3 is 2.73 bits per heavy atom. The molecule has 1 aromatic rings. The van der Waals surface area contributed by atoms with Gasteiger partial charge in [0.2, 0.25) is 0 Å². The molecule has 0 radical (unpaired) electrons. The topological polar surface area (TPSA) is 33.6 Å². The third kappa shape index (κ3) is 2.29. The van der Waals surface area contributed by atoms with Crippen molar-refractivity contribution in [2.45, 2.75) is 26.9 Å². The number of rotatable bonds is 1. The molecule has 0 amide bonds. The van der Waals surface area contributed by atoms with Gasteiger partial charge in [-0.15, -0.1) is 0 Å². The largest absolute Gasteiger partial charge is 0.460 e. The van der Waals surface area contributed by atoms with Gasteiger partial charge in [0.05, 0.1) is 6.54 Å². The SMILES string of the molecule is Cc1ccc(NC2=NCC(C)O2)cc1C. The molecule has 80 valence electrons. The van der Waals surface area contributed by atoms with Gasteiger partial charge in [-0.2, -0.15) is 0 Å². The summed E-state index contributed by atoms with van der Waals surface area (Å²) in [5, 5.41) is 3.17. The second-order valence-corrected chi connectivity index (χ2v) is 4.00. The van der Waals surface area contributed by atoms with Crippen LogP contribution in [0, 0.1) is 13.8 Å². The molecular formula is C12H16N2O. The quantitative estimate of drug-likeness (QED) is 0.762. The van der Waals surface area contributed by atoms with E-state index in [2.05, 4.69) is 36.3 Å². The highest BCUT2D eigenvalue weighted by Gasteiger charge is 2.14. The maximum atomic E-state index is 5.47. The van der Waals surface area contributed by atoms with Crippen LogP contribution in [0.5, 0.6) is 0 Å². The zero-order chi connectivity index (χ0) is 10.8. The molecule has 1 aromatic carbocycles.